The van der Waals surface area contributed by atoms with Crippen LogP contribution in [0.4, 0.5) is 5.69 Å². The maximum Gasteiger partial charge on any atom is 0.238 e. The van der Waals surface area contributed by atoms with Crippen LogP contribution < -0.4 is 4.90 Å². The van der Waals surface area contributed by atoms with Crippen LogP contribution in [-0.4, -0.2) is 25.4 Å². The summed E-state index contributed by atoms with van der Waals surface area (Å²) < 4.78 is 11.4. The quantitative estimate of drug-likeness (QED) is 0.574. The van der Waals surface area contributed by atoms with E-state index in [0.29, 0.717) is 13.2 Å². The van der Waals surface area contributed by atoms with Gasteiger partial charge in [0.2, 0.25) is 5.91 Å². The average molecular weight is 325 g/mol. The zero-order chi connectivity index (χ0) is 16.9. The Morgan fingerprint density at radius 2 is 1.46 bits per heavy atom. The Morgan fingerprint density at radius 3 is 2.00 bits per heavy atom. The highest BCUT2D eigenvalue weighted by Gasteiger charge is 2.53. The predicted molar refractivity (Wildman–Crippen MR) is 93.6 cm³/mol. The van der Waals surface area contributed by atoms with Crippen molar-refractivity contribution in [1.82, 2.24) is 0 Å². The van der Waals surface area contributed by atoms with Crippen molar-refractivity contribution in [1.29, 1.82) is 0 Å². The zero-order valence-corrected chi connectivity index (χ0v) is 14.1. The van der Waals surface area contributed by atoms with Gasteiger partial charge >= 0.3 is 0 Å². The molecule has 126 valence electrons. The number of nitrogens with zero attached hydrogens (tertiary/aromatic N) is 1. The fourth-order valence-electron chi connectivity index (χ4n) is 3.24. The van der Waals surface area contributed by atoms with E-state index >= 15 is 0 Å². The highest BCUT2D eigenvalue weighted by molar-refractivity contribution is 6.03. The second-order valence-electron chi connectivity index (χ2n) is 5.70. The molecule has 0 bridgehead atoms. The number of hydrogen-bond donors (Lipinski definition) is 0. The lowest BCUT2D eigenvalue weighted by Gasteiger charge is -2.49. The van der Waals surface area contributed by atoms with Crippen LogP contribution in [0.15, 0.2) is 60.7 Å². The first-order valence-electron chi connectivity index (χ1n) is 8.44. The molecule has 1 fully saturated rings. The van der Waals surface area contributed by atoms with Crippen LogP contribution in [-0.2, 0) is 14.3 Å². The lowest BCUT2D eigenvalue weighted by molar-refractivity contribution is -0.189. The summed E-state index contributed by atoms with van der Waals surface area (Å²) in [6, 6.07) is 19.7. The normalized spacial score (nSPS) is 20.3. The van der Waals surface area contributed by atoms with Crippen LogP contribution >= 0.6 is 0 Å². The van der Waals surface area contributed by atoms with Crippen molar-refractivity contribution in [2.75, 3.05) is 18.1 Å². The SMILES string of the molecule is CCOC(OCC)[C@H]1C(=O)N(c2ccccc2)[C@@H]1c1ccccc1. The number of carbonyl (C=O) groups excluding carboxylic acids is 1. The molecule has 1 heterocycles. The first-order chi connectivity index (χ1) is 11.8. The molecule has 0 N–H and O–H groups in total. The van der Waals surface area contributed by atoms with E-state index in [0.717, 1.165) is 11.3 Å². The summed E-state index contributed by atoms with van der Waals surface area (Å²) in [5.41, 5.74) is 2.00. The number of para-hydroxylation sites is 1. The molecule has 1 saturated heterocycles. The van der Waals surface area contributed by atoms with E-state index < -0.39 is 6.29 Å². The lowest BCUT2D eigenvalue weighted by atomic mass is 9.81. The fraction of sp³-hybridized carbons (Fsp3) is 0.350. The first-order valence-corrected chi connectivity index (χ1v) is 8.44. The molecule has 24 heavy (non-hydrogen) atoms. The summed E-state index contributed by atoms with van der Waals surface area (Å²) in [6.45, 7) is 4.87. The van der Waals surface area contributed by atoms with Gasteiger partial charge in [-0.05, 0) is 31.5 Å². The van der Waals surface area contributed by atoms with E-state index in [4.69, 9.17) is 9.47 Å². The molecule has 1 aliphatic heterocycles. The Balaban J connectivity index is 1.95. The molecule has 2 atom stereocenters. The molecule has 2 aromatic carbocycles. The number of rotatable bonds is 7. The maximum absolute atomic E-state index is 12.9. The summed E-state index contributed by atoms with van der Waals surface area (Å²) in [6.07, 6.45) is -0.516. The summed E-state index contributed by atoms with van der Waals surface area (Å²) in [4.78, 5) is 14.7. The van der Waals surface area contributed by atoms with Crippen LogP contribution in [0.25, 0.3) is 0 Å². The third-order valence-corrected chi connectivity index (χ3v) is 4.27. The molecule has 1 aliphatic rings. The number of benzene rings is 2. The van der Waals surface area contributed by atoms with Crippen molar-refractivity contribution in [3.05, 3.63) is 66.2 Å². The van der Waals surface area contributed by atoms with Gasteiger partial charge in [0, 0.05) is 18.9 Å². The minimum absolute atomic E-state index is 0.0435. The highest BCUT2D eigenvalue weighted by Crippen LogP contribution is 2.45. The average Bonchev–Trinajstić information content (AvgIpc) is 2.61. The summed E-state index contributed by atoms with van der Waals surface area (Å²) in [7, 11) is 0. The van der Waals surface area contributed by atoms with Gasteiger partial charge in [0.1, 0.15) is 5.92 Å². The van der Waals surface area contributed by atoms with Crippen LogP contribution in [0.3, 0.4) is 0 Å². The standard InChI is InChI=1S/C20H23NO3/c1-3-23-20(24-4-2)17-18(15-11-7-5-8-12-15)21(19(17)22)16-13-9-6-10-14-16/h5-14,17-18,20H,3-4H2,1-2H3/t17-,18-/m1/s1. The summed E-state index contributed by atoms with van der Waals surface area (Å²) in [5.74, 6) is -0.283. The number of ether oxygens (including phenoxy) is 2. The molecule has 0 spiro atoms. The third kappa shape index (κ3) is 3.07. The second kappa shape index (κ2) is 7.60. The number of carbonyl (C=O) groups is 1. The first kappa shape index (κ1) is 16.7. The monoisotopic (exact) mass is 325 g/mol. The van der Waals surface area contributed by atoms with E-state index in [1.807, 2.05) is 67.3 Å². The molecular formula is C20H23NO3. The van der Waals surface area contributed by atoms with Crippen molar-refractivity contribution in [2.45, 2.75) is 26.2 Å². The van der Waals surface area contributed by atoms with Gasteiger partial charge in [-0.2, -0.15) is 0 Å². The Hall–Kier alpha value is -2.17. The van der Waals surface area contributed by atoms with Crippen LogP contribution in [0, 0.1) is 5.92 Å². The Kier molecular flexibility index (Phi) is 5.28. The molecule has 0 aromatic heterocycles. The molecule has 3 rings (SSSR count). The molecule has 4 heteroatoms. The largest absolute Gasteiger partial charge is 0.352 e. The molecule has 0 radical (unpaired) electrons. The molecular weight excluding hydrogens is 302 g/mol. The van der Waals surface area contributed by atoms with Gasteiger partial charge in [-0.1, -0.05) is 48.5 Å². The van der Waals surface area contributed by atoms with Crippen molar-refractivity contribution in [3.8, 4) is 0 Å². The Morgan fingerprint density at radius 1 is 0.917 bits per heavy atom. The van der Waals surface area contributed by atoms with Gasteiger partial charge in [-0.15, -0.1) is 0 Å². The summed E-state index contributed by atoms with van der Waals surface area (Å²) in [5, 5.41) is 0. The fourth-order valence-corrected chi connectivity index (χ4v) is 3.24. The van der Waals surface area contributed by atoms with E-state index in [-0.39, 0.29) is 17.9 Å². The molecule has 4 nitrogen and oxygen atoms in total. The van der Waals surface area contributed by atoms with Crippen molar-refractivity contribution in [2.24, 2.45) is 5.92 Å². The number of amides is 1. The van der Waals surface area contributed by atoms with Crippen molar-refractivity contribution >= 4 is 11.6 Å². The Bertz CT molecular complexity index is 653. The van der Waals surface area contributed by atoms with E-state index in [9.17, 15) is 4.79 Å². The van der Waals surface area contributed by atoms with Gasteiger partial charge in [0.15, 0.2) is 6.29 Å². The van der Waals surface area contributed by atoms with E-state index in [1.165, 1.54) is 0 Å². The minimum atomic E-state index is -0.516. The van der Waals surface area contributed by atoms with Crippen LogP contribution in [0.5, 0.6) is 0 Å². The third-order valence-electron chi connectivity index (χ3n) is 4.27. The summed E-state index contributed by atoms with van der Waals surface area (Å²) >= 11 is 0. The smallest absolute Gasteiger partial charge is 0.238 e. The lowest BCUT2D eigenvalue weighted by Crippen LogP contribution is -2.60. The van der Waals surface area contributed by atoms with Gasteiger partial charge < -0.3 is 14.4 Å². The molecule has 2 aromatic rings. The number of anilines is 1. The second-order valence-corrected chi connectivity index (χ2v) is 5.70. The number of β-lactam (4-membered cyclic amide) rings is 1. The molecule has 0 saturated carbocycles. The maximum atomic E-state index is 12.9. The topological polar surface area (TPSA) is 38.8 Å². The van der Waals surface area contributed by atoms with Gasteiger partial charge in [0.25, 0.3) is 0 Å². The highest BCUT2D eigenvalue weighted by atomic mass is 16.7. The number of hydrogen-bond acceptors (Lipinski definition) is 3. The van der Waals surface area contributed by atoms with Crippen LogP contribution in [0.2, 0.25) is 0 Å². The Labute approximate surface area is 143 Å². The molecule has 0 aliphatic carbocycles. The van der Waals surface area contributed by atoms with E-state index in [2.05, 4.69) is 12.1 Å². The van der Waals surface area contributed by atoms with Crippen molar-refractivity contribution in [3.63, 3.8) is 0 Å². The van der Waals surface area contributed by atoms with Crippen molar-refractivity contribution < 1.29 is 14.3 Å². The minimum Gasteiger partial charge on any atom is -0.352 e. The van der Waals surface area contributed by atoms with E-state index in [1.54, 1.807) is 0 Å². The van der Waals surface area contributed by atoms with Gasteiger partial charge in [-0.3, -0.25) is 4.79 Å². The van der Waals surface area contributed by atoms with Crippen LogP contribution in [0.1, 0.15) is 25.5 Å². The zero-order valence-electron chi connectivity index (χ0n) is 14.1. The van der Waals surface area contributed by atoms with Gasteiger partial charge in [-0.25, -0.2) is 0 Å². The molecule has 0 unspecified atom stereocenters. The predicted octanol–water partition coefficient (Wildman–Crippen LogP) is 3.79. The van der Waals surface area contributed by atoms with Gasteiger partial charge in [0.05, 0.1) is 6.04 Å². The molecule has 1 amide bonds.